The van der Waals surface area contributed by atoms with Gasteiger partial charge in [-0.3, -0.25) is 9.98 Å². The molecular formula is C16H11F3N2. The Hall–Kier alpha value is -2.56. The molecule has 0 aliphatic heterocycles. The molecule has 1 aromatic heterocycles. The molecule has 0 saturated carbocycles. The lowest BCUT2D eigenvalue weighted by Gasteiger charge is -2.14. The van der Waals surface area contributed by atoms with Crippen LogP contribution in [-0.4, -0.2) is 16.6 Å². The van der Waals surface area contributed by atoms with E-state index >= 15 is 0 Å². The van der Waals surface area contributed by atoms with Gasteiger partial charge >= 0.3 is 6.18 Å². The molecule has 0 bridgehead atoms. The highest BCUT2D eigenvalue weighted by Gasteiger charge is 2.37. The molecule has 5 heteroatoms. The Bertz CT molecular complexity index is 801. The van der Waals surface area contributed by atoms with Gasteiger partial charge in [0.15, 0.2) is 0 Å². The Labute approximate surface area is 119 Å². The van der Waals surface area contributed by atoms with Gasteiger partial charge in [0.05, 0.1) is 11.2 Å². The van der Waals surface area contributed by atoms with E-state index in [1.165, 1.54) is 0 Å². The van der Waals surface area contributed by atoms with Crippen molar-refractivity contribution in [2.24, 2.45) is 0 Å². The van der Waals surface area contributed by atoms with E-state index in [1.54, 1.807) is 60.7 Å². The first-order valence-corrected chi connectivity index (χ1v) is 6.30. The molecule has 0 unspecified atom stereocenters. The Balaban J connectivity index is 2.32. The van der Waals surface area contributed by atoms with E-state index in [1.807, 2.05) is 0 Å². The summed E-state index contributed by atoms with van der Waals surface area (Å²) in [5, 5.41) is 8.18. The van der Waals surface area contributed by atoms with Crippen LogP contribution >= 0.6 is 0 Å². The zero-order valence-electron chi connectivity index (χ0n) is 10.9. The molecule has 1 N–H and O–H groups in total. The van der Waals surface area contributed by atoms with E-state index in [-0.39, 0.29) is 0 Å². The van der Waals surface area contributed by atoms with Gasteiger partial charge in [-0.15, -0.1) is 0 Å². The molecule has 1 heterocycles. The minimum absolute atomic E-state index is 0.360. The molecule has 0 spiro atoms. The van der Waals surface area contributed by atoms with Crippen molar-refractivity contribution in [3.05, 3.63) is 60.7 Å². The van der Waals surface area contributed by atoms with E-state index in [2.05, 4.69) is 0 Å². The maximum atomic E-state index is 13.0. The monoisotopic (exact) mass is 288 g/mol. The molecule has 0 aliphatic carbocycles. The van der Waals surface area contributed by atoms with E-state index < -0.39 is 12.0 Å². The van der Waals surface area contributed by atoms with E-state index in [0.29, 0.717) is 22.2 Å². The Morgan fingerprint density at radius 3 is 2.19 bits per heavy atom. The van der Waals surface area contributed by atoms with Gasteiger partial charge in [0.25, 0.3) is 0 Å². The first-order chi connectivity index (χ1) is 9.98. The van der Waals surface area contributed by atoms with E-state index in [4.69, 9.17) is 5.41 Å². The number of benzene rings is 2. The van der Waals surface area contributed by atoms with Crippen molar-refractivity contribution in [1.82, 2.24) is 4.57 Å². The molecule has 0 saturated heterocycles. The van der Waals surface area contributed by atoms with Crippen LogP contribution in [0, 0.1) is 5.41 Å². The van der Waals surface area contributed by atoms with Crippen molar-refractivity contribution in [2.45, 2.75) is 6.18 Å². The lowest BCUT2D eigenvalue weighted by atomic mass is 10.1. The van der Waals surface area contributed by atoms with Crippen LogP contribution in [-0.2, 0) is 0 Å². The zero-order chi connectivity index (χ0) is 15.0. The SMILES string of the molecule is N=C(n1c(-c2ccccc2)cc2ccccc21)C(F)(F)F. The average molecular weight is 288 g/mol. The Kier molecular flexibility index (Phi) is 3.05. The summed E-state index contributed by atoms with van der Waals surface area (Å²) in [4.78, 5) is 0. The second kappa shape index (κ2) is 4.77. The quantitative estimate of drug-likeness (QED) is 0.497. The summed E-state index contributed by atoms with van der Waals surface area (Å²) < 4.78 is 39.9. The highest BCUT2D eigenvalue weighted by Crippen LogP contribution is 2.31. The minimum atomic E-state index is -4.70. The van der Waals surface area contributed by atoms with Crippen molar-refractivity contribution in [1.29, 1.82) is 5.41 Å². The van der Waals surface area contributed by atoms with E-state index in [0.717, 1.165) is 4.57 Å². The Morgan fingerprint density at radius 2 is 1.52 bits per heavy atom. The number of nitrogens with zero attached hydrogens (tertiary/aromatic N) is 1. The van der Waals surface area contributed by atoms with Crippen molar-refractivity contribution in [3.8, 4) is 11.3 Å². The fourth-order valence-corrected chi connectivity index (χ4v) is 2.34. The largest absolute Gasteiger partial charge is 0.449 e. The van der Waals surface area contributed by atoms with Gasteiger partial charge in [-0.1, -0.05) is 48.5 Å². The number of fused-ring (bicyclic) bond motifs is 1. The van der Waals surface area contributed by atoms with E-state index in [9.17, 15) is 13.2 Å². The summed E-state index contributed by atoms with van der Waals surface area (Å²) in [7, 11) is 0. The first-order valence-electron chi connectivity index (χ1n) is 6.30. The van der Waals surface area contributed by atoms with Crippen LogP contribution in [0.25, 0.3) is 22.2 Å². The molecule has 0 aliphatic rings. The third-order valence-corrected chi connectivity index (χ3v) is 3.27. The maximum absolute atomic E-state index is 13.0. The molecule has 106 valence electrons. The number of hydrogen-bond acceptors (Lipinski definition) is 1. The van der Waals surface area contributed by atoms with Crippen LogP contribution in [0.3, 0.4) is 0 Å². The molecule has 0 fully saturated rings. The van der Waals surface area contributed by atoms with Crippen LogP contribution in [0.2, 0.25) is 0 Å². The summed E-state index contributed by atoms with van der Waals surface area (Å²) in [5.74, 6) is -1.39. The summed E-state index contributed by atoms with van der Waals surface area (Å²) in [6.45, 7) is 0. The summed E-state index contributed by atoms with van der Waals surface area (Å²) in [5.41, 5.74) is 1.38. The molecule has 3 aromatic rings. The standard InChI is InChI=1S/C16H11F3N2/c17-16(18,19)15(20)21-13-9-5-4-8-12(13)10-14(21)11-6-2-1-3-7-11/h1-10,20H. The fraction of sp³-hybridized carbons (Fsp3) is 0.0625. The number of alkyl halides is 3. The lowest BCUT2D eigenvalue weighted by Crippen LogP contribution is -2.29. The predicted octanol–water partition coefficient (Wildman–Crippen LogP) is 4.70. The molecule has 3 rings (SSSR count). The van der Waals surface area contributed by atoms with Crippen molar-refractivity contribution >= 4 is 16.7 Å². The second-order valence-corrected chi connectivity index (χ2v) is 4.64. The molecule has 0 amide bonds. The molecule has 2 aromatic carbocycles. The van der Waals surface area contributed by atoms with Gasteiger partial charge < -0.3 is 0 Å². The topological polar surface area (TPSA) is 28.8 Å². The predicted molar refractivity (Wildman–Crippen MR) is 76.6 cm³/mol. The normalized spacial score (nSPS) is 11.8. The van der Waals surface area contributed by atoms with Crippen LogP contribution in [0.15, 0.2) is 60.7 Å². The van der Waals surface area contributed by atoms with Gasteiger partial charge in [0.1, 0.15) is 0 Å². The highest BCUT2D eigenvalue weighted by atomic mass is 19.4. The minimum Gasteiger partial charge on any atom is -0.290 e. The second-order valence-electron chi connectivity index (χ2n) is 4.64. The maximum Gasteiger partial charge on any atom is 0.449 e. The van der Waals surface area contributed by atoms with Crippen LogP contribution in [0.4, 0.5) is 13.2 Å². The highest BCUT2D eigenvalue weighted by molar-refractivity contribution is 6.01. The molecule has 0 atom stereocenters. The third-order valence-electron chi connectivity index (χ3n) is 3.27. The molecule has 0 radical (unpaired) electrons. The molecule has 2 nitrogen and oxygen atoms in total. The number of hydrogen-bond donors (Lipinski definition) is 1. The van der Waals surface area contributed by atoms with Gasteiger partial charge in [0.2, 0.25) is 5.84 Å². The number of aromatic nitrogens is 1. The Morgan fingerprint density at radius 1 is 0.905 bits per heavy atom. The summed E-state index contributed by atoms with van der Waals surface area (Å²) in [6, 6.07) is 17.2. The van der Waals surface area contributed by atoms with Gasteiger partial charge in [-0.05, 0) is 17.7 Å². The summed E-state index contributed by atoms with van der Waals surface area (Å²) in [6.07, 6.45) is -4.70. The van der Waals surface area contributed by atoms with Crippen LogP contribution in [0.1, 0.15) is 0 Å². The van der Waals surface area contributed by atoms with Crippen LogP contribution in [0.5, 0.6) is 0 Å². The number of halogens is 3. The lowest BCUT2D eigenvalue weighted by molar-refractivity contribution is -0.0621. The van der Waals surface area contributed by atoms with Gasteiger partial charge in [-0.25, -0.2) is 0 Å². The third kappa shape index (κ3) is 2.31. The van der Waals surface area contributed by atoms with Gasteiger partial charge in [0, 0.05) is 5.39 Å². The average Bonchev–Trinajstić information content (AvgIpc) is 2.85. The zero-order valence-corrected chi connectivity index (χ0v) is 10.9. The van der Waals surface area contributed by atoms with Crippen LogP contribution < -0.4 is 0 Å². The first kappa shape index (κ1) is 13.4. The summed E-state index contributed by atoms with van der Waals surface area (Å²) >= 11 is 0. The fourth-order valence-electron chi connectivity index (χ4n) is 2.34. The number of nitrogens with one attached hydrogen (secondary N) is 1. The number of para-hydroxylation sites is 1. The number of rotatable bonds is 1. The van der Waals surface area contributed by atoms with Crippen molar-refractivity contribution < 1.29 is 13.2 Å². The van der Waals surface area contributed by atoms with Crippen molar-refractivity contribution in [3.63, 3.8) is 0 Å². The van der Waals surface area contributed by atoms with Crippen molar-refractivity contribution in [2.75, 3.05) is 0 Å². The smallest absolute Gasteiger partial charge is 0.290 e. The van der Waals surface area contributed by atoms with Gasteiger partial charge in [-0.2, -0.15) is 13.2 Å². The molecular weight excluding hydrogens is 277 g/mol. The molecule has 21 heavy (non-hydrogen) atoms.